The molecule has 19 heteroatoms. The number of rotatable bonds is 44. The molecule has 0 spiro atoms. The van der Waals surface area contributed by atoms with Gasteiger partial charge in [-0.1, -0.05) is 180 Å². The van der Waals surface area contributed by atoms with Gasteiger partial charge in [0.05, 0.1) is 38.6 Å². The number of hydrogen-bond acceptors (Lipinski definition) is 18. The third-order valence-corrected chi connectivity index (χ3v) is 15.3. The van der Waals surface area contributed by atoms with Gasteiger partial charge in [0.1, 0.15) is 73.2 Å². The Morgan fingerprint density at radius 2 is 0.829 bits per heavy atom. The van der Waals surface area contributed by atoms with Crippen molar-refractivity contribution in [3.63, 3.8) is 0 Å². The fourth-order valence-corrected chi connectivity index (χ4v) is 10.4. The summed E-state index contributed by atoms with van der Waals surface area (Å²) >= 11 is 0. The quantitative estimate of drug-likeness (QED) is 0.0283. The van der Waals surface area contributed by atoms with Gasteiger partial charge in [0.25, 0.3) is 0 Å². The van der Waals surface area contributed by atoms with Crippen LogP contribution in [-0.4, -0.2) is 193 Å². The van der Waals surface area contributed by atoms with E-state index >= 15 is 0 Å². The first-order chi connectivity index (χ1) is 36.8. The van der Waals surface area contributed by atoms with Crippen LogP contribution < -0.4 is 5.32 Å². The molecule has 0 saturated carbocycles. The van der Waals surface area contributed by atoms with Gasteiger partial charge in [-0.25, -0.2) is 0 Å². The third kappa shape index (κ3) is 25.5. The second-order valence-electron chi connectivity index (χ2n) is 21.8. The van der Waals surface area contributed by atoms with Crippen molar-refractivity contribution in [2.24, 2.45) is 0 Å². The first-order valence-electron chi connectivity index (χ1n) is 29.9. The van der Waals surface area contributed by atoms with Crippen molar-refractivity contribution in [1.29, 1.82) is 0 Å². The summed E-state index contributed by atoms with van der Waals surface area (Å²) in [5.41, 5.74) is 0. The standard InChI is InChI=1S/C57H107NO18/c1-3-5-7-9-11-13-15-17-19-21-22-24-26-28-30-32-34-41(62)40(58-45(63)35-33-31-29-27-25-23-20-18-16-14-12-10-8-6-4-2)39-71-55-51(69)48(66)53(43(37-60)73-55)76-57-52(70)49(67)54(44(38-61)74-57)75-56-50(68)47(65)46(64)42(36-59)72-56/h18,20,40-44,46-57,59-62,64-70H,3-17,19,21-39H2,1-2H3,(H,58,63)/b20-18-. The Balaban J connectivity index is 1.51. The molecule has 0 aromatic carbocycles. The molecule has 3 heterocycles. The van der Waals surface area contributed by atoms with Crippen LogP contribution in [-0.2, 0) is 33.2 Å². The molecular weight excluding hydrogens is 987 g/mol. The predicted molar refractivity (Wildman–Crippen MR) is 287 cm³/mol. The number of unbranched alkanes of at least 4 members (excludes halogenated alkanes) is 26. The Kier molecular flexibility index (Phi) is 37.6. The van der Waals surface area contributed by atoms with Gasteiger partial charge < -0.3 is 89.9 Å². The minimum Gasteiger partial charge on any atom is -0.394 e. The van der Waals surface area contributed by atoms with Gasteiger partial charge in [0.2, 0.25) is 5.91 Å². The number of aliphatic hydroxyl groups excluding tert-OH is 11. The summed E-state index contributed by atoms with van der Waals surface area (Å²) in [6.07, 6.45) is 12.9. The zero-order valence-electron chi connectivity index (χ0n) is 46.5. The third-order valence-electron chi connectivity index (χ3n) is 15.3. The van der Waals surface area contributed by atoms with E-state index in [1.807, 2.05) is 0 Å². The summed E-state index contributed by atoms with van der Waals surface area (Å²) in [5, 5.41) is 120. The number of carbonyl (C=O) groups excluding carboxylic acids is 1. The minimum absolute atomic E-state index is 0.251. The molecule has 1 amide bonds. The van der Waals surface area contributed by atoms with Crippen LogP contribution in [0.1, 0.15) is 213 Å². The summed E-state index contributed by atoms with van der Waals surface area (Å²) in [4.78, 5) is 13.3. The maximum atomic E-state index is 13.3. The summed E-state index contributed by atoms with van der Waals surface area (Å²) in [7, 11) is 0. The van der Waals surface area contributed by atoms with E-state index in [0.717, 1.165) is 64.2 Å². The van der Waals surface area contributed by atoms with Gasteiger partial charge in [0, 0.05) is 6.42 Å². The molecule has 76 heavy (non-hydrogen) atoms. The number of ether oxygens (including phenoxy) is 6. The van der Waals surface area contributed by atoms with E-state index in [2.05, 4.69) is 31.3 Å². The topological polar surface area (TPSA) is 307 Å². The van der Waals surface area contributed by atoms with Crippen molar-refractivity contribution in [1.82, 2.24) is 5.32 Å². The van der Waals surface area contributed by atoms with Gasteiger partial charge in [-0.2, -0.15) is 0 Å². The molecule has 3 saturated heterocycles. The second-order valence-corrected chi connectivity index (χ2v) is 21.8. The van der Waals surface area contributed by atoms with Crippen LogP contribution in [0.5, 0.6) is 0 Å². The molecule has 0 aromatic rings. The smallest absolute Gasteiger partial charge is 0.220 e. The van der Waals surface area contributed by atoms with E-state index < -0.39 is 124 Å². The maximum Gasteiger partial charge on any atom is 0.220 e. The monoisotopic (exact) mass is 1090 g/mol. The van der Waals surface area contributed by atoms with Crippen LogP contribution in [0, 0.1) is 0 Å². The van der Waals surface area contributed by atoms with Crippen LogP contribution in [0.15, 0.2) is 12.2 Å². The summed E-state index contributed by atoms with van der Waals surface area (Å²) in [6.45, 7) is 1.78. The highest BCUT2D eigenvalue weighted by Gasteiger charge is 2.53. The van der Waals surface area contributed by atoms with Crippen LogP contribution in [0.3, 0.4) is 0 Å². The first-order valence-corrected chi connectivity index (χ1v) is 29.9. The van der Waals surface area contributed by atoms with Crippen LogP contribution in [0.25, 0.3) is 0 Å². The lowest BCUT2D eigenvalue weighted by atomic mass is 9.96. The molecule has 17 atom stereocenters. The fraction of sp³-hybridized carbons (Fsp3) is 0.947. The van der Waals surface area contributed by atoms with E-state index in [1.54, 1.807) is 0 Å². The molecule has 448 valence electrons. The largest absolute Gasteiger partial charge is 0.394 e. The molecule has 0 aliphatic carbocycles. The Morgan fingerprint density at radius 1 is 0.461 bits per heavy atom. The van der Waals surface area contributed by atoms with Gasteiger partial charge in [0.15, 0.2) is 18.9 Å². The van der Waals surface area contributed by atoms with Crippen molar-refractivity contribution < 1.29 is 89.4 Å². The van der Waals surface area contributed by atoms with Crippen LogP contribution >= 0.6 is 0 Å². The molecule has 19 nitrogen and oxygen atoms in total. The summed E-state index contributed by atoms with van der Waals surface area (Å²) < 4.78 is 34.3. The van der Waals surface area contributed by atoms with Gasteiger partial charge >= 0.3 is 0 Å². The average Bonchev–Trinajstić information content (AvgIpc) is 3.41. The summed E-state index contributed by atoms with van der Waals surface area (Å²) in [6, 6.07) is -0.887. The lowest BCUT2D eigenvalue weighted by Crippen LogP contribution is -2.66. The highest BCUT2D eigenvalue weighted by Crippen LogP contribution is 2.33. The maximum absolute atomic E-state index is 13.3. The number of aliphatic hydroxyl groups is 11. The zero-order chi connectivity index (χ0) is 55.5. The number of amides is 1. The fourth-order valence-electron chi connectivity index (χ4n) is 10.4. The van der Waals surface area contributed by atoms with E-state index in [4.69, 9.17) is 28.4 Å². The van der Waals surface area contributed by atoms with E-state index in [0.29, 0.717) is 12.8 Å². The lowest BCUT2D eigenvalue weighted by molar-refractivity contribution is -0.379. The van der Waals surface area contributed by atoms with Gasteiger partial charge in [-0.15, -0.1) is 0 Å². The highest BCUT2D eigenvalue weighted by atomic mass is 16.8. The molecule has 17 unspecified atom stereocenters. The van der Waals surface area contributed by atoms with E-state index in [9.17, 15) is 61.0 Å². The van der Waals surface area contributed by atoms with Crippen molar-refractivity contribution in [2.75, 3.05) is 26.4 Å². The number of nitrogens with one attached hydrogen (secondary N) is 1. The average molecular weight is 1090 g/mol. The molecule has 0 radical (unpaired) electrons. The lowest BCUT2D eigenvalue weighted by Gasteiger charge is -2.48. The number of hydrogen-bond donors (Lipinski definition) is 12. The van der Waals surface area contributed by atoms with Crippen molar-refractivity contribution in [3.05, 3.63) is 12.2 Å². The molecule has 3 aliphatic rings. The molecule has 0 aromatic heterocycles. The zero-order valence-corrected chi connectivity index (χ0v) is 46.5. The highest BCUT2D eigenvalue weighted by molar-refractivity contribution is 5.76. The molecule has 3 rings (SSSR count). The van der Waals surface area contributed by atoms with Crippen molar-refractivity contribution in [3.8, 4) is 0 Å². The predicted octanol–water partition coefficient (Wildman–Crippen LogP) is 4.99. The molecule has 0 bridgehead atoms. The second kappa shape index (κ2) is 41.5. The Hall–Kier alpha value is -1.47. The Labute approximate surface area is 455 Å². The van der Waals surface area contributed by atoms with Crippen molar-refractivity contribution in [2.45, 2.75) is 317 Å². The van der Waals surface area contributed by atoms with Crippen LogP contribution in [0.4, 0.5) is 0 Å². The minimum atomic E-state index is -1.97. The Bertz CT molecular complexity index is 1450. The van der Waals surface area contributed by atoms with Gasteiger partial charge in [-0.05, 0) is 38.5 Å². The van der Waals surface area contributed by atoms with E-state index in [-0.39, 0.29) is 18.9 Å². The van der Waals surface area contributed by atoms with Gasteiger partial charge in [-0.3, -0.25) is 4.79 Å². The normalized spacial score (nSPS) is 31.0. The molecule has 3 fully saturated rings. The molecular formula is C57H107NO18. The first kappa shape index (κ1) is 68.8. The number of carbonyl (C=O) groups is 1. The van der Waals surface area contributed by atoms with E-state index in [1.165, 1.54) is 116 Å². The number of allylic oxidation sites excluding steroid dienone is 2. The summed E-state index contributed by atoms with van der Waals surface area (Å²) in [5.74, 6) is -0.251. The SMILES string of the molecule is CCCCCCCC/C=C\CCCCCCCC(=O)NC(COC1OC(CO)C(OC2OC(CO)C(OC3OC(CO)C(O)C(O)C3O)C(O)C2O)C(O)C1O)C(O)CCCCCCCCCCCCCCCCCC. The Morgan fingerprint density at radius 3 is 1.28 bits per heavy atom. The molecule has 3 aliphatic heterocycles. The van der Waals surface area contributed by atoms with Crippen LogP contribution in [0.2, 0.25) is 0 Å². The molecule has 12 N–H and O–H groups in total. The van der Waals surface area contributed by atoms with Crippen molar-refractivity contribution >= 4 is 5.91 Å².